The van der Waals surface area contributed by atoms with Gasteiger partial charge in [0, 0.05) is 22.8 Å². The Hall–Kier alpha value is -1.54. The molecule has 0 N–H and O–H groups in total. The highest BCUT2D eigenvalue weighted by Crippen LogP contribution is 2.32. The molecule has 0 saturated carbocycles. The predicted octanol–water partition coefficient (Wildman–Crippen LogP) is 4.45. The number of nitro groups is 1. The molecule has 19 heavy (non-hydrogen) atoms. The van der Waals surface area contributed by atoms with E-state index in [1.165, 1.54) is 24.4 Å². The van der Waals surface area contributed by atoms with Crippen LogP contribution in [-0.4, -0.2) is 9.91 Å². The average molecular weight is 392 g/mol. The van der Waals surface area contributed by atoms with Gasteiger partial charge in [0.15, 0.2) is 0 Å². The number of hydrogen-bond donors (Lipinski definition) is 0. The first-order chi connectivity index (χ1) is 8.97. The van der Waals surface area contributed by atoms with Crippen molar-refractivity contribution in [1.29, 1.82) is 0 Å². The van der Waals surface area contributed by atoms with Gasteiger partial charge in [-0.05, 0) is 44.0 Å². The van der Waals surface area contributed by atoms with E-state index in [0.717, 1.165) is 6.07 Å². The number of nitrogens with zero attached hydrogens (tertiary/aromatic N) is 2. The number of benzene rings is 1. The molecule has 0 aliphatic heterocycles. The maximum absolute atomic E-state index is 13.3. The summed E-state index contributed by atoms with van der Waals surface area (Å²) in [5, 5.41) is 10.9. The highest BCUT2D eigenvalue weighted by Gasteiger charge is 2.18. The Morgan fingerprint density at radius 1 is 1.32 bits per heavy atom. The zero-order chi connectivity index (χ0) is 14.0. The normalized spacial score (nSPS) is 10.3. The van der Waals surface area contributed by atoms with Crippen LogP contribution in [0.3, 0.4) is 0 Å². The first-order valence-corrected chi connectivity index (χ1v) is 6.49. The van der Waals surface area contributed by atoms with Gasteiger partial charge in [-0.2, -0.15) is 0 Å². The fraction of sp³-hybridized carbons (Fsp3) is 0. The predicted molar refractivity (Wildman–Crippen MR) is 72.8 cm³/mol. The van der Waals surface area contributed by atoms with Gasteiger partial charge in [0.1, 0.15) is 11.6 Å². The van der Waals surface area contributed by atoms with E-state index in [9.17, 15) is 14.5 Å². The molecule has 0 unspecified atom stereocenters. The van der Waals surface area contributed by atoms with Crippen LogP contribution in [0.25, 0.3) is 0 Å². The summed E-state index contributed by atoms with van der Waals surface area (Å²) in [5.74, 6) is -0.606. The quantitative estimate of drug-likeness (QED) is 0.572. The lowest BCUT2D eigenvalue weighted by molar-refractivity contribution is -0.386. The molecule has 0 amide bonds. The van der Waals surface area contributed by atoms with Crippen LogP contribution >= 0.6 is 31.9 Å². The zero-order valence-electron chi connectivity index (χ0n) is 9.14. The molecule has 1 aromatic carbocycles. The van der Waals surface area contributed by atoms with Gasteiger partial charge in [-0.1, -0.05) is 0 Å². The standard InChI is InChI=1S/C11H5Br2FN2O3/c12-6-3-10(16(17)18)11(15-5-6)19-7-1-2-8(13)9(14)4-7/h1-5H. The van der Waals surface area contributed by atoms with Crippen LogP contribution in [0.2, 0.25) is 0 Å². The molecular weight excluding hydrogens is 387 g/mol. The van der Waals surface area contributed by atoms with Gasteiger partial charge in [-0.3, -0.25) is 10.1 Å². The maximum atomic E-state index is 13.3. The smallest absolute Gasteiger partial charge is 0.332 e. The van der Waals surface area contributed by atoms with Crippen LogP contribution in [-0.2, 0) is 0 Å². The molecule has 1 heterocycles. The minimum atomic E-state index is -0.623. The average Bonchev–Trinajstić information content (AvgIpc) is 2.36. The fourth-order valence-corrected chi connectivity index (χ4v) is 1.84. The molecule has 0 bridgehead atoms. The van der Waals surface area contributed by atoms with Crippen LogP contribution in [0.1, 0.15) is 0 Å². The third-order valence-corrected chi connectivity index (χ3v) is 3.18. The van der Waals surface area contributed by atoms with Crippen molar-refractivity contribution in [3.63, 3.8) is 0 Å². The van der Waals surface area contributed by atoms with Crippen LogP contribution in [0.5, 0.6) is 11.6 Å². The third kappa shape index (κ3) is 3.27. The molecule has 5 nitrogen and oxygen atoms in total. The van der Waals surface area contributed by atoms with E-state index in [0.29, 0.717) is 4.47 Å². The van der Waals surface area contributed by atoms with Crippen molar-refractivity contribution in [2.24, 2.45) is 0 Å². The fourth-order valence-electron chi connectivity index (χ4n) is 1.28. The first-order valence-electron chi connectivity index (χ1n) is 4.90. The second-order valence-electron chi connectivity index (χ2n) is 3.41. The molecule has 0 spiro atoms. The Balaban J connectivity index is 2.37. The second kappa shape index (κ2) is 5.62. The summed E-state index contributed by atoms with van der Waals surface area (Å²) >= 11 is 6.08. The van der Waals surface area contributed by atoms with Crippen LogP contribution in [0, 0.1) is 15.9 Å². The second-order valence-corrected chi connectivity index (χ2v) is 5.18. The lowest BCUT2D eigenvalue weighted by Crippen LogP contribution is -1.96. The van der Waals surface area contributed by atoms with Crippen molar-refractivity contribution >= 4 is 37.5 Å². The van der Waals surface area contributed by atoms with E-state index in [2.05, 4.69) is 36.8 Å². The Morgan fingerprint density at radius 2 is 2.05 bits per heavy atom. The highest BCUT2D eigenvalue weighted by atomic mass is 79.9. The minimum Gasteiger partial charge on any atom is -0.434 e. The van der Waals surface area contributed by atoms with E-state index < -0.39 is 10.7 Å². The van der Waals surface area contributed by atoms with Crippen molar-refractivity contribution in [3.05, 3.63) is 55.3 Å². The molecule has 2 rings (SSSR count). The Morgan fingerprint density at radius 3 is 2.68 bits per heavy atom. The summed E-state index contributed by atoms with van der Waals surface area (Å²) in [7, 11) is 0. The van der Waals surface area contributed by atoms with Gasteiger partial charge in [0.05, 0.1) is 9.40 Å². The summed E-state index contributed by atoms with van der Waals surface area (Å²) in [6.45, 7) is 0. The van der Waals surface area contributed by atoms with Gasteiger partial charge in [-0.25, -0.2) is 9.37 Å². The summed E-state index contributed by atoms with van der Waals surface area (Å²) in [6, 6.07) is 5.28. The van der Waals surface area contributed by atoms with Crippen molar-refractivity contribution in [3.8, 4) is 11.6 Å². The van der Waals surface area contributed by atoms with E-state index >= 15 is 0 Å². The largest absolute Gasteiger partial charge is 0.434 e. The summed E-state index contributed by atoms with van der Waals surface area (Å²) < 4.78 is 19.3. The van der Waals surface area contributed by atoms with E-state index in [1.807, 2.05) is 0 Å². The lowest BCUT2D eigenvalue weighted by Gasteiger charge is -2.06. The molecule has 98 valence electrons. The Bertz CT molecular complexity index is 652. The lowest BCUT2D eigenvalue weighted by atomic mass is 10.3. The number of rotatable bonds is 3. The SMILES string of the molecule is O=[N+]([O-])c1cc(Br)cnc1Oc1ccc(Br)c(F)c1. The van der Waals surface area contributed by atoms with E-state index in [4.69, 9.17) is 4.74 Å². The van der Waals surface area contributed by atoms with Crippen molar-refractivity contribution < 1.29 is 14.1 Å². The molecule has 1 aromatic heterocycles. The Kier molecular flexibility index (Phi) is 4.11. The van der Waals surface area contributed by atoms with Gasteiger partial charge >= 0.3 is 5.69 Å². The third-order valence-electron chi connectivity index (χ3n) is 2.10. The van der Waals surface area contributed by atoms with Gasteiger partial charge < -0.3 is 4.74 Å². The molecule has 8 heteroatoms. The summed E-state index contributed by atoms with van der Waals surface area (Å²) in [5.41, 5.74) is -0.308. The van der Waals surface area contributed by atoms with Crippen LogP contribution < -0.4 is 4.74 Å². The number of pyridine rings is 1. The van der Waals surface area contributed by atoms with E-state index in [1.54, 1.807) is 0 Å². The van der Waals surface area contributed by atoms with Crippen molar-refractivity contribution in [2.75, 3.05) is 0 Å². The van der Waals surface area contributed by atoms with Crippen LogP contribution in [0.15, 0.2) is 39.4 Å². The topological polar surface area (TPSA) is 65.3 Å². The minimum absolute atomic E-state index is 0.124. The highest BCUT2D eigenvalue weighted by molar-refractivity contribution is 9.10. The molecule has 2 aromatic rings. The number of halogens is 3. The molecule has 0 aliphatic rings. The monoisotopic (exact) mass is 390 g/mol. The summed E-state index contributed by atoms with van der Waals surface area (Å²) in [4.78, 5) is 14.0. The van der Waals surface area contributed by atoms with Crippen molar-refractivity contribution in [2.45, 2.75) is 0 Å². The molecule has 0 atom stereocenters. The molecule has 0 radical (unpaired) electrons. The van der Waals surface area contributed by atoms with E-state index in [-0.39, 0.29) is 21.8 Å². The number of hydrogen-bond acceptors (Lipinski definition) is 4. The number of ether oxygens (including phenoxy) is 1. The van der Waals surface area contributed by atoms with Gasteiger partial charge in [-0.15, -0.1) is 0 Å². The summed E-state index contributed by atoms with van der Waals surface area (Å²) in [6.07, 6.45) is 1.36. The maximum Gasteiger partial charge on any atom is 0.332 e. The van der Waals surface area contributed by atoms with Gasteiger partial charge in [0.25, 0.3) is 5.88 Å². The molecular formula is C11H5Br2FN2O3. The zero-order valence-corrected chi connectivity index (χ0v) is 12.3. The Labute approximate surface area is 123 Å². The van der Waals surface area contributed by atoms with Crippen LogP contribution in [0.4, 0.5) is 10.1 Å². The first kappa shape index (κ1) is 13.9. The van der Waals surface area contributed by atoms with Gasteiger partial charge in [0.2, 0.25) is 0 Å². The molecule has 0 fully saturated rings. The van der Waals surface area contributed by atoms with Crippen molar-refractivity contribution in [1.82, 2.24) is 4.98 Å². The molecule has 0 saturated heterocycles. The molecule has 0 aliphatic carbocycles. The number of aromatic nitrogens is 1.